The monoisotopic (exact) mass is 417 g/mol. The molecule has 0 saturated carbocycles. The van der Waals surface area contributed by atoms with Gasteiger partial charge in [-0.3, -0.25) is 30.6 Å². The SMILES string of the molecule is CCCOc1ccc(C(=O)NNC(=O)c2ccc(OCC)c([N+](=O)[O-])c2)cc1OC. The van der Waals surface area contributed by atoms with Crippen molar-refractivity contribution >= 4 is 17.5 Å². The summed E-state index contributed by atoms with van der Waals surface area (Å²) in [5.41, 5.74) is 4.37. The lowest BCUT2D eigenvalue weighted by Crippen LogP contribution is -2.41. The van der Waals surface area contributed by atoms with E-state index in [4.69, 9.17) is 14.2 Å². The van der Waals surface area contributed by atoms with E-state index in [0.29, 0.717) is 18.1 Å². The van der Waals surface area contributed by atoms with Crippen molar-refractivity contribution in [3.05, 3.63) is 57.6 Å². The smallest absolute Gasteiger partial charge is 0.311 e. The highest BCUT2D eigenvalue weighted by Gasteiger charge is 2.19. The van der Waals surface area contributed by atoms with Crippen molar-refractivity contribution in [1.82, 2.24) is 10.9 Å². The molecule has 0 aromatic heterocycles. The lowest BCUT2D eigenvalue weighted by Gasteiger charge is -2.12. The number of methoxy groups -OCH3 is 1. The Bertz CT molecular complexity index is 931. The van der Waals surface area contributed by atoms with Crippen molar-refractivity contribution in [2.75, 3.05) is 20.3 Å². The molecule has 160 valence electrons. The summed E-state index contributed by atoms with van der Waals surface area (Å²) in [6, 6.07) is 8.38. The first-order valence-corrected chi connectivity index (χ1v) is 9.24. The zero-order chi connectivity index (χ0) is 22.1. The molecule has 0 aliphatic rings. The average molecular weight is 417 g/mol. The van der Waals surface area contributed by atoms with E-state index in [9.17, 15) is 19.7 Å². The van der Waals surface area contributed by atoms with Crippen LogP contribution in [-0.4, -0.2) is 37.1 Å². The summed E-state index contributed by atoms with van der Waals surface area (Å²) in [5, 5.41) is 11.2. The van der Waals surface area contributed by atoms with Gasteiger partial charge >= 0.3 is 5.69 Å². The maximum absolute atomic E-state index is 12.3. The van der Waals surface area contributed by atoms with E-state index in [-0.39, 0.29) is 29.2 Å². The zero-order valence-corrected chi connectivity index (χ0v) is 16.9. The fraction of sp³-hybridized carbons (Fsp3) is 0.300. The van der Waals surface area contributed by atoms with Gasteiger partial charge in [-0.2, -0.15) is 0 Å². The van der Waals surface area contributed by atoms with Crippen LogP contribution >= 0.6 is 0 Å². The quantitative estimate of drug-likeness (QED) is 0.474. The van der Waals surface area contributed by atoms with Crippen LogP contribution < -0.4 is 25.1 Å². The highest BCUT2D eigenvalue weighted by atomic mass is 16.6. The predicted molar refractivity (Wildman–Crippen MR) is 108 cm³/mol. The summed E-state index contributed by atoms with van der Waals surface area (Å²) >= 11 is 0. The number of hydrazine groups is 1. The molecule has 0 unspecified atom stereocenters. The van der Waals surface area contributed by atoms with E-state index in [1.807, 2.05) is 6.92 Å². The highest BCUT2D eigenvalue weighted by Crippen LogP contribution is 2.29. The van der Waals surface area contributed by atoms with Crippen LogP contribution in [-0.2, 0) is 0 Å². The maximum Gasteiger partial charge on any atom is 0.311 e. The van der Waals surface area contributed by atoms with E-state index in [2.05, 4.69) is 10.9 Å². The van der Waals surface area contributed by atoms with Gasteiger partial charge in [0.05, 0.1) is 25.2 Å². The lowest BCUT2D eigenvalue weighted by atomic mass is 10.1. The minimum Gasteiger partial charge on any atom is -0.493 e. The number of nitro benzene ring substituents is 1. The molecule has 0 spiro atoms. The maximum atomic E-state index is 12.3. The topological polar surface area (TPSA) is 129 Å². The largest absolute Gasteiger partial charge is 0.493 e. The minimum absolute atomic E-state index is 0.00801. The van der Waals surface area contributed by atoms with Crippen LogP contribution in [0.5, 0.6) is 17.2 Å². The summed E-state index contributed by atoms with van der Waals surface area (Å²) in [5.74, 6) is -0.375. The third-order valence-electron chi connectivity index (χ3n) is 3.89. The number of benzene rings is 2. The van der Waals surface area contributed by atoms with Crippen LogP contribution in [0, 0.1) is 10.1 Å². The average Bonchev–Trinajstić information content (AvgIpc) is 2.75. The van der Waals surface area contributed by atoms with Crippen LogP contribution in [0.4, 0.5) is 5.69 Å². The summed E-state index contributed by atoms with van der Waals surface area (Å²) in [6.45, 7) is 4.41. The number of nitrogens with zero attached hydrogens (tertiary/aromatic N) is 1. The second-order valence-corrected chi connectivity index (χ2v) is 5.99. The van der Waals surface area contributed by atoms with Crippen molar-refractivity contribution in [3.8, 4) is 17.2 Å². The zero-order valence-electron chi connectivity index (χ0n) is 16.9. The Morgan fingerprint density at radius 2 is 1.53 bits per heavy atom. The normalized spacial score (nSPS) is 10.1. The lowest BCUT2D eigenvalue weighted by molar-refractivity contribution is -0.385. The third kappa shape index (κ3) is 5.60. The molecule has 0 aliphatic heterocycles. The standard InChI is InChI=1S/C20H23N3O7/c1-4-10-30-17-9-7-14(12-18(17)28-3)20(25)22-21-19(24)13-6-8-16(29-5-2)15(11-13)23(26)27/h6-9,11-12H,4-5,10H2,1-3H3,(H,21,24)(H,22,25). The fourth-order valence-corrected chi connectivity index (χ4v) is 2.48. The number of nitrogens with one attached hydrogen (secondary N) is 2. The number of nitro groups is 1. The van der Waals surface area contributed by atoms with Gasteiger partial charge in [-0.25, -0.2) is 0 Å². The van der Waals surface area contributed by atoms with Gasteiger partial charge in [0.2, 0.25) is 0 Å². The summed E-state index contributed by atoms with van der Waals surface area (Å²) in [6.07, 6.45) is 0.821. The Hall–Kier alpha value is -3.82. The number of rotatable bonds is 9. The molecule has 2 amide bonds. The number of carbonyl (C=O) groups is 2. The Morgan fingerprint density at radius 1 is 0.933 bits per heavy atom. The van der Waals surface area contributed by atoms with Gasteiger partial charge in [-0.1, -0.05) is 6.92 Å². The van der Waals surface area contributed by atoms with Crippen molar-refractivity contribution < 1.29 is 28.7 Å². The number of ether oxygens (including phenoxy) is 3. The van der Waals surface area contributed by atoms with Gasteiger partial charge in [-0.15, -0.1) is 0 Å². The number of hydrogen-bond donors (Lipinski definition) is 2. The second kappa shape index (κ2) is 10.6. The van der Waals surface area contributed by atoms with Crippen LogP contribution in [0.2, 0.25) is 0 Å². The van der Waals surface area contributed by atoms with Crippen molar-refractivity contribution in [1.29, 1.82) is 0 Å². The minimum atomic E-state index is -0.718. The first-order valence-electron chi connectivity index (χ1n) is 9.24. The number of hydrogen-bond acceptors (Lipinski definition) is 7. The molecule has 2 aromatic rings. The van der Waals surface area contributed by atoms with Gasteiger partial charge in [0, 0.05) is 17.2 Å². The first kappa shape index (κ1) is 22.5. The molecule has 0 atom stereocenters. The van der Waals surface area contributed by atoms with Gasteiger partial charge in [0.25, 0.3) is 11.8 Å². The molecule has 0 heterocycles. The summed E-state index contributed by atoms with van der Waals surface area (Å²) < 4.78 is 15.9. The van der Waals surface area contributed by atoms with E-state index >= 15 is 0 Å². The molecular weight excluding hydrogens is 394 g/mol. The van der Waals surface area contributed by atoms with Gasteiger partial charge in [0.15, 0.2) is 17.2 Å². The molecule has 0 radical (unpaired) electrons. The van der Waals surface area contributed by atoms with Crippen LogP contribution in [0.25, 0.3) is 0 Å². The summed E-state index contributed by atoms with van der Waals surface area (Å²) in [4.78, 5) is 35.2. The first-order chi connectivity index (χ1) is 14.4. The Kier molecular flexibility index (Phi) is 7.98. The fourth-order valence-electron chi connectivity index (χ4n) is 2.48. The van der Waals surface area contributed by atoms with E-state index < -0.39 is 16.7 Å². The van der Waals surface area contributed by atoms with E-state index in [1.165, 1.54) is 31.4 Å². The molecule has 10 heteroatoms. The molecule has 0 fully saturated rings. The summed E-state index contributed by atoms with van der Waals surface area (Å²) in [7, 11) is 1.45. The van der Waals surface area contributed by atoms with E-state index in [1.54, 1.807) is 13.0 Å². The van der Waals surface area contributed by atoms with Crippen molar-refractivity contribution in [3.63, 3.8) is 0 Å². The molecule has 2 rings (SSSR count). The molecule has 0 saturated heterocycles. The highest BCUT2D eigenvalue weighted by molar-refractivity contribution is 5.99. The molecule has 30 heavy (non-hydrogen) atoms. The van der Waals surface area contributed by atoms with Gasteiger partial charge in [0.1, 0.15) is 0 Å². The molecule has 0 aliphatic carbocycles. The number of amides is 2. The third-order valence-corrected chi connectivity index (χ3v) is 3.89. The van der Waals surface area contributed by atoms with Gasteiger partial charge in [-0.05, 0) is 43.7 Å². The van der Waals surface area contributed by atoms with E-state index in [0.717, 1.165) is 12.5 Å². The second-order valence-electron chi connectivity index (χ2n) is 5.99. The van der Waals surface area contributed by atoms with Crippen molar-refractivity contribution in [2.45, 2.75) is 20.3 Å². The molecule has 2 aromatic carbocycles. The van der Waals surface area contributed by atoms with Crippen LogP contribution in [0.1, 0.15) is 41.0 Å². The number of carbonyl (C=O) groups excluding carboxylic acids is 2. The van der Waals surface area contributed by atoms with Crippen LogP contribution in [0.15, 0.2) is 36.4 Å². The van der Waals surface area contributed by atoms with Crippen molar-refractivity contribution in [2.24, 2.45) is 0 Å². The Labute approximate surface area is 173 Å². The van der Waals surface area contributed by atoms with Gasteiger partial charge < -0.3 is 14.2 Å². The molecule has 2 N–H and O–H groups in total. The Morgan fingerprint density at radius 3 is 2.07 bits per heavy atom. The van der Waals surface area contributed by atoms with Crippen LogP contribution in [0.3, 0.4) is 0 Å². The molecule has 10 nitrogen and oxygen atoms in total. The predicted octanol–water partition coefficient (Wildman–Crippen LogP) is 2.87. The molecular formula is C20H23N3O7. The Balaban J connectivity index is 2.08. The molecule has 0 bridgehead atoms.